The number of fused-ring (bicyclic) bond motifs is 1. The molecule has 140 valence electrons. The first-order valence-corrected chi connectivity index (χ1v) is 7.88. The van der Waals surface area contributed by atoms with Gasteiger partial charge in [0.1, 0.15) is 11.4 Å². The van der Waals surface area contributed by atoms with Gasteiger partial charge in [0.15, 0.2) is 0 Å². The summed E-state index contributed by atoms with van der Waals surface area (Å²) < 4.78 is 38.6. The molecule has 0 saturated heterocycles. The molecule has 0 aliphatic rings. The Bertz CT molecular complexity index is 964. The van der Waals surface area contributed by atoms with Crippen LogP contribution in [0.3, 0.4) is 0 Å². The number of rotatable bonds is 3. The molecule has 2 aromatic carbocycles. The van der Waals surface area contributed by atoms with E-state index in [4.69, 9.17) is 23.2 Å². The molecular weight excluding hydrogens is 408 g/mol. The van der Waals surface area contributed by atoms with Crippen LogP contribution in [0.1, 0.15) is 20.8 Å². The van der Waals surface area contributed by atoms with E-state index in [2.05, 4.69) is 14.7 Å². The van der Waals surface area contributed by atoms with Crippen LogP contribution in [0.15, 0.2) is 54.7 Å². The van der Waals surface area contributed by atoms with Crippen molar-refractivity contribution < 1.29 is 27.5 Å². The van der Waals surface area contributed by atoms with Crippen LogP contribution in [-0.2, 0) is 0 Å². The monoisotopic (exact) mass is 416 g/mol. The summed E-state index contributed by atoms with van der Waals surface area (Å²) in [5, 5.41) is -1.32. The van der Waals surface area contributed by atoms with E-state index in [9.17, 15) is 22.8 Å². The summed E-state index contributed by atoms with van der Waals surface area (Å²) in [5.41, 5.74) is 1.72. The number of halogens is 5. The molecule has 3 rings (SSSR count). The van der Waals surface area contributed by atoms with E-state index in [1.165, 1.54) is 6.20 Å². The van der Waals surface area contributed by atoms with Crippen LogP contribution in [0.5, 0.6) is 5.75 Å². The number of carbonyl (C=O) groups is 2. The van der Waals surface area contributed by atoms with Crippen molar-refractivity contribution in [2.45, 2.75) is 6.36 Å². The second-order valence-electron chi connectivity index (χ2n) is 4.86. The standard InChI is InChI=1S/C9H5ClN2O.C8H4ClF3O2/c10-9(13)8-5-11-6-3-1-2-4-7(6)12-8;9-7(13)5-1-3-6(4-2-5)14-8(10,11)12/h1-5H;1-4H. The molecule has 1 heterocycles. The quantitative estimate of drug-likeness (QED) is 0.563. The van der Waals surface area contributed by atoms with E-state index in [1.807, 2.05) is 18.2 Å². The molecule has 1 aromatic heterocycles. The zero-order chi connectivity index (χ0) is 20.0. The molecular formula is C17H9Cl2F3N2O3. The fourth-order valence-corrected chi connectivity index (χ4v) is 2.06. The third kappa shape index (κ3) is 6.50. The van der Waals surface area contributed by atoms with Crippen LogP contribution in [0.25, 0.3) is 11.0 Å². The minimum atomic E-state index is -4.73. The lowest BCUT2D eigenvalue weighted by Crippen LogP contribution is -2.17. The molecule has 0 spiro atoms. The number of hydrogen-bond donors (Lipinski definition) is 0. The minimum absolute atomic E-state index is 0.112. The third-order valence-electron chi connectivity index (χ3n) is 2.96. The maximum atomic E-state index is 11.7. The van der Waals surface area contributed by atoms with Gasteiger partial charge in [-0.1, -0.05) is 12.1 Å². The topological polar surface area (TPSA) is 69.2 Å². The van der Waals surface area contributed by atoms with E-state index >= 15 is 0 Å². The van der Waals surface area contributed by atoms with Crippen molar-refractivity contribution >= 4 is 44.7 Å². The SMILES string of the molecule is O=C(Cl)c1ccc(OC(F)(F)F)cc1.O=C(Cl)c1cnc2ccccc2n1. The Labute approximate surface area is 160 Å². The number of alkyl halides is 3. The van der Waals surface area contributed by atoms with Crippen molar-refractivity contribution in [3.05, 3.63) is 66.0 Å². The summed E-state index contributed by atoms with van der Waals surface area (Å²) in [6, 6.07) is 11.6. The normalized spacial score (nSPS) is 10.7. The predicted molar refractivity (Wildman–Crippen MR) is 93.0 cm³/mol. The fourth-order valence-electron chi connectivity index (χ4n) is 1.84. The van der Waals surface area contributed by atoms with Crippen LogP contribution in [0.4, 0.5) is 13.2 Å². The highest BCUT2D eigenvalue weighted by Gasteiger charge is 2.30. The molecule has 0 fully saturated rings. The Morgan fingerprint density at radius 2 is 1.48 bits per heavy atom. The molecule has 0 unspecified atom stereocenters. The van der Waals surface area contributed by atoms with Crippen LogP contribution < -0.4 is 4.74 Å². The van der Waals surface area contributed by atoms with Gasteiger partial charge in [-0.05, 0) is 59.6 Å². The van der Waals surface area contributed by atoms with E-state index in [0.717, 1.165) is 29.8 Å². The Balaban J connectivity index is 0.000000194. The predicted octanol–water partition coefficient (Wildman–Crippen LogP) is 4.97. The van der Waals surface area contributed by atoms with Crippen molar-refractivity contribution in [1.29, 1.82) is 0 Å². The maximum absolute atomic E-state index is 11.7. The first-order valence-electron chi connectivity index (χ1n) is 7.13. The molecule has 0 amide bonds. The van der Waals surface area contributed by atoms with Crippen molar-refractivity contribution in [3.63, 3.8) is 0 Å². The van der Waals surface area contributed by atoms with Gasteiger partial charge in [-0.25, -0.2) is 4.98 Å². The van der Waals surface area contributed by atoms with Gasteiger partial charge in [-0.3, -0.25) is 14.6 Å². The van der Waals surface area contributed by atoms with Gasteiger partial charge in [0, 0.05) is 5.56 Å². The zero-order valence-corrected chi connectivity index (χ0v) is 14.7. The first-order chi connectivity index (χ1) is 12.7. The van der Waals surface area contributed by atoms with Crippen LogP contribution in [0, 0.1) is 0 Å². The Morgan fingerprint density at radius 3 is 2.00 bits per heavy atom. The van der Waals surface area contributed by atoms with Gasteiger partial charge in [0.05, 0.1) is 17.2 Å². The van der Waals surface area contributed by atoms with Gasteiger partial charge in [0.25, 0.3) is 10.5 Å². The number of carbonyl (C=O) groups excluding carboxylic acids is 2. The highest BCUT2D eigenvalue weighted by molar-refractivity contribution is 6.68. The summed E-state index contributed by atoms with van der Waals surface area (Å²) in [5.74, 6) is -0.390. The summed E-state index contributed by atoms with van der Waals surface area (Å²) in [6.07, 6.45) is -3.36. The van der Waals surface area contributed by atoms with Crippen molar-refractivity contribution in [2.24, 2.45) is 0 Å². The lowest BCUT2D eigenvalue weighted by molar-refractivity contribution is -0.274. The Kier molecular flexibility index (Phi) is 6.70. The van der Waals surface area contributed by atoms with Crippen molar-refractivity contribution in [3.8, 4) is 5.75 Å². The van der Waals surface area contributed by atoms with E-state index < -0.39 is 16.8 Å². The summed E-state index contributed by atoms with van der Waals surface area (Å²) in [4.78, 5) is 29.4. The van der Waals surface area contributed by atoms with E-state index in [-0.39, 0.29) is 17.0 Å². The van der Waals surface area contributed by atoms with Crippen LogP contribution in [-0.4, -0.2) is 26.8 Å². The number of nitrogens with zero attached hydrogens (tertiary/aromatic N) is 2. The zero-order valence-electron chi connectivity index (χ0n) is 13.2. The van der Waals surface area contributed by atoms with Crippen molar-refractivity contribution in [1.82, 2.24) is 9.97 Å². The molecule has 0 N–H and O–H groups in total. The van der Waals surface area contributed by atoms with Gasteiger partial charge in [-0.2, -0.15) is 0 Å². The molecule has 0 aliphatic heterocycles. The summed E-state index contributed by atoms with van der Waals surface area (Å²) in [7, 11) is 0. The molecule has 3 aromatic rings. The molecule has 0 bridgehead atoms. The number of hydrogen-bond acceptors (Lipinski definition) is 5. The van der Waals surface area contributed by atoms with Crippen molar-refractivity contribution in [2.75, 3.05) is 0 Å². The highest BCUT2D eigenvalue weighted by atomic mass is 35.5. The number of ether oxygens (including phenoxy) is 1. The molecule has 10 heteroatoms. The molecule has 5 nitrogen and oxygen atoms in total. The number of benzene rings is 2. The lowest BCUT2D eigenvalue weighted by atomic mass is 10.2. The fraction of sp³-hybridized carbons (Fsp3) is 0.0588. The summed E-state index contributed by atoms with van der Waals surface area (Å²) >= 11 is 10.3. The first kappa shape index (κ1) is 20.6. The molecule has 0 atom stereocenters. The van der Waals surface area contributed by atoms with E-state index in [0.29, 0.717) is 5.52 Å². The molecule has 27 heavy (non-hydrogen) atoms. The Morgan fingerprint density at radius 1 is 0.889 bits per heavy atom. The maximum Gasteiger partial charge on any atom is 0.573 e. The second kappa shape index (κ2) is 8.79. The average Bonchev–Trinajstić information content (AvgIpc) is 2.61. The molecule has 0 saturated carbocycles. The van der Waals surface area contributed by atoms with Crippen LogP contribution in [0.2, 0.25) is 0 Å². The number of para-hydroxylation sites is 2. The highest BCUT2D eigenvalue weighted by Crippen LogP contribution is 2.23. The summed E-state index contributed by atoms with van der Waals surface area (Å²) in [6.45, 7) is 0. The largest absolute Gasteiger partial charge is 0.573 e. The molecule has 0 aliphatic carbocycles. The van der Waals surface area contributed by atoms with E-state index in [1.54, 1.807) is 6.07 Å². The van der Waals surface area contributed by atoms with Gasteiger partial charge >= 0.3 is 6.36 Å². The van der Waals surface area contributed by atoms with Crippen LogP contribution >= 0.6 is 23.2 Å². The average molecular weight is 417 g/mol. The molecule has 0 radical (unpaired) electrons. The Hall–Kier alpha value is -2.71. The van der Waals surface area contributed by atoms with Gasteiger partial charge in [-0.15, -0.1) is 13.2 Å². The number of aromatic nitrogens is 2. The third-order valence-corrected chi connectivity index (χ3v) is 3.38. The lowest BCUT2D eigenvalue weighted by Gasteiger charge is -2.08. The van der Waals surface area contributed by atoms with Gasteiger partial charge in [0.2, 0.25) is 0 Å². The minimum Gasteiger partial charge on any atom is -0.406 e. The smallest absolute Gasteiger partial charge is 0.406 e. The van der Waals surface area contributed by atoms with Gasteiger partial charge < -0.3 is 4.74 Å². The second-order valence-corrected chi connectivity index (χ2v) is 5.55.